The molecule has 1 saturated carbocycles. The fourth-order valence-corrected chi connectivity index (χ4v) is 3.00. The molecular formula is C11H18N2O. The van der Waals surface area contributed by atoms with Crippen LogP contribution < -0.4 is 0 Å². The average molecular weight is 194 g/mol. The fourth-order valence-electron chi connectivity index (χ4n) is 3.00. The number of hydrogen-bond donors (Lipinski definition) is 0. The Balaban J connectivity index is 1.63. The van der Waals surface area contributed by atoms with Gasteiger partial charge < -0.3 is 9.80 Å². The molecular weight excluding hydrogens is 176 g/mol. The van der Waals surface area contributed by atoms with Gasteiger partial charge in [0.25, 0.3) is 0 Å². The number of amides is 1. The third kappa shape index (κ3) is 1.34. The first kappa shape index (κ1) is 8.72. The monoisotopic (exact) mass is 194 g/mol. The van der Waals surface area contributed by atoms with E-state index in [-0.39, 0.29) is 0 Å². The summed E-state index contributed by atoms with van der Waals surface area (Å²) >= 11 is 0. The van der Waals surface area contributed by atoms with Gasteiger partial charge in [0.1, 0.15) is 0 Å². The number of fused-ring (bicyclic) bond motifs is 1. The second kappa shape index (κ2) is 2.96. The van der Waals surface area contributed by atoms with E-state index in [1.165, 1.54) is 13.1 Å². The molecule has 2 heterocycles. The molecule has 78 valence electrons. The molecule has 3 rings (SSSR count). The predicted octanol–water partition coefficient (Wildman–Crippen LogP) is 0.416. The highest BCUT2D eigenvalue weighted by molar-refractivity contribution is 5.81. The molecule has 3 fully saturated rings. The highest BCUT2D eigenvalue weighted by atomic mass is 16.2. The molecule has 3 heteroatoms. The van der Waals surface area contributed by atoms with Crippen molar-refractivity contribution in [2.45, 2.75) is 12.8 Å². The standard InChI is InChI=1S/C11H18N2O/c1-12-4-9-6-13(7-10(9)5-12)11(14)8-2-3-8/h8-10H,2-7H2,1H3/t9-,10+. The maximum Gasteiger partial charge on any atom is 0.225 e. The zero-order valence-corrected chi connectivity index (χ0v) is 8.78. The molecule has 1 aliphatic carbocycles. The molecule has 0 aromatic rings. The van der Waals surface area contributed by atoms with Crippen molar-refractivity contribution in [2.24, 2.45) is 17.8 Å². The molecule has 0 spiro atoms. The summed E-state index contributed by atoms with van der Waals surface area (Å²) in [4.78, 5) is 16.4. The van der Waals surface area contributed by atoms with E-state index in [2.05, 4.69) is 16.8 Å². The minimum absolute atomic E-state index is 0.409. The minimum atomic E-state index is 0.409. The lowest BCUT2D eigenvalue weighted by Crippen LogP contribution is -2.33. The van der Waals surface area contributed by atoms with Crippen LogP contribution >= 0.6 is 0 Å². The van der Waals surface area contributed by atoms with E-state index in [9.17, 15) is 4.79 Å². The van der Waals surface area contributed by atoms with E-state index in [1.54, 1.807) is 0 Å². The molecule has 1 amide bonds. The Morgan fingerprint density at radius 1 is 1.07 bits per heavy atom. The summed E-state index contributed by atoms with van der Waals surface area (Å²) < 4.78 is 0. The highest BCUT2D eigenvalue weighted by Crippen LogP contribution is 2.36. The second-order valence-electron chi connectivity index (χ2n) is 5.26. The van der Waals surface area contributed by atoms with Crippen molar-refractivity contribution in [3.8, 4) is 0 Å². The van der Waals surface area contributed by atoms with E-state index >= 15 is 0 Å². The third-order valence-electron chi connectivity index (χ3n) is 3.91. The van der Waals surface area contributed by atoms with Gasteiger partial charge in [0.2, 0.25) is 5.91 Å². The van der Waals surface area contributed by atoms with Crippen LogP contribution in [0.15, 0.2) is 0 Å². The predicted molar refractivity (Wildman–Crippen MR) is 53.8 cm³/mol. The van der Waals surface area contributed by atoms with Crippen LogP contribution in [-0.4, -0.2) is 48.9 Å². The number of likely N-dealkylation sites (tertiary alicyclic amines) is 2. The Bertz CT molecular complexity index is 248. The molecule has 2 atom stereocenters. The van der Waals surface area contributed by atoms with Crippen molar-refractivity contribution in [3.05, 3.63) is 0 Å². The van der Waals surface area contributed by atoms with Gasteiger partial charge in [-0.3, -0.25) is 4.79 Å². The summed E-state index contributed by atoms with van der Waals surface area (Å²) in [6.45, 7) is 4.45. The Labute approximate surface area is 85.1 Å². The average Bonchev–Trinajstić information content (AvgIpc) is 2.82. The highest BCUT2D eigenvalue weighted by Gasteiger charge is 2.43. The largest absolute Gasteiger partial charge is 0.342 e. The first-order valence-corrected chi connectivity index (χ1v) is 5.71. The van der Waals surface area contributed by atoms with Gasteiger partial charge in [-0.1, -0.05) is 0 Å². The van der Waals surface area contributed by atoms with E-state index in [0.29, 0.717) is 11.8 Å². The molecule has 14 heavy (non-hydrogen) atoms. The quantitative estimate of drug-likeness (QED) is 0.604. The van der Waals surface area contributed by atoms with Crippen LogP contribution in [0.5, 0.6) is 0 Å². The van der Waals surface area contributed by atoms with Crippen molar-refractivity contribution in [1.29, 1.82) is 0 Å². The first-order chi connectivity index (χ1) is 6.74. The molecule has 0 bridgehead atoms. The van der Waals surface area contributed by atoms with Crippen LogP contribution in [0.2, 0.25) is 0 Å². The lowest BCUT2D eigenvalue weighted by Gasteiger charge is -2.19. The lowest BCUT2D eigenvalue weighted by molar-refractivity contribution is -0.131. The Kier molecular flexibility index (Phi) is 1.84. The van der Waals surface area contributed by atoms with Gasteiger partial charge in [0.05, 0.1) is 0 Å². The zero-order valence-electron chi connectivity index (χ0n) is 8.78. The third-order valence-corrected chi connectivity index (χ3v) is 3.91. The summed E-state index contributed by atoms with van der Waals surface area (Å²) in [5.74, 6) is 2.39. The van der Waals surface area contributed by atoms with Gasteiger partial charge in [0, 0.05) is 32.1 Å². The van der Waals surface area contributed by atoms with Crippen LogP contribution in [0.25, 0.3) is 0 Å². The van der Waals surface area contributed by atoms with Gasteiger partial charge >= 0.3 is 0 Å². The van der Waals surface area contributed by atoms with Crippen LogP contribution in [0, 0.1) is 17.8 Å². The topological polar surface area (TPSA) is 23.6 Å². The summed E-state index contributed by atoms with van der Waals surface area (Å²) in [5.41, 5.74) is 0. The number of carbonyl (C=O) groups excluding carboxylic acids is 1. The van der Waals surface area contributed by atoms with Gasteiger partial charge in [0.15, 0.2) is 0 Å². The maximum absolute atomic E-state index is 11.8. The first-order valence-electron chi connectivity index (χ1n) is 5.71. The number of hydrogen-bond acceptors (Lipinski definition) is 2. The zero-order chi connectivity index (χ0) is 9.71. The number of nitrogens with zero attached hydrogens (tertiary/aromatic N) is 2. The molecule has 0 N–H and O–H groups in total. The summed E-state index contributed by atoms with van der Waals surface area (Å²) in [7, 11) is 2.19. The SMILES string of the molecule is CN1C[C@@H]2CN(C(=O)C3CC3)C[C@@H]2C1. The van der Waals surface area contributed by atoms with Crippen molar-refractivity contribution in [1.82, 2.24) is 9.80 Å². The van der Waals surface area contributed by atoms with Crippen LogP contribution in [0.1, 0.15) is 12.8 Å². The van der Waals surface area contributed by atoms with Crippen molar-refractivity contribution >= 4 is 5.91 Å². The van der Waals surface area contributed by atoms with Crippen LogP contribution in [-0.2, 0) is 4.79 Å². The summed E-state index contributed by atoms with van der Waals surface area (Å²) in [6, 6.07) is 0. The molecule has 0 unspecified atom stereocenters. The summed E-state index contributed by atoms with van der Waals surface area (Å²) in [5, 5.41) is 0. The fraction of sp³-hybridized carbons (Fsp3) is 0.909. The molecule has 3 nitrogen and oxygen atoms in total. The Morgan fingerprint density at radius 2 is 1.64 bits per heavy atom. The van der Waals surface area contributed by atoms with Gasteiger partial charge in [-0.25, -0.2) is 0 Å². The van der Waals surface area contributed by atoms with E-state index in [1.807, 2.05) is 0 Å². The second-order valence-corrected chi connectivity index (χ2v) is 5.26. The molecule has 2 saturated heterocycles. The van der Waals surface area contributed by atoms with E-state index < -0.39 is 0 Å². The van der Waals surface area contributed by atoms with Crippen molar-refractivity contribution < 1.29 is 4.79 Å². The number of carbonyl (C=O) groups is 1. The molecule has 0 aromatic carbocycles. The lowest BCUT2D eigenvalue weighted by atomic mass is 10.0. The van der Waals surface area contributed by atoms with Crippen LogP contribution in [0.4, 0.5) is 0 Å². The normalized spacial score (nSPS) is 37.6. The molecule has 0 radical (unpaired) electrons. The smallest absolute Gasteiger partial charge is 0.225 e. The Hall–Kier alpha value is -0.570. The van der Waals surface area contributed by atoms with Crippen LogP contribution in [0.3, 0.4) is 0 Å². The molecule has 2 aliphatic heterocycles. The van der Waals surface area contributed by atoms with Gasteiger partial charge in [-0.2, -0.15) is 0 Å². The van der Waals surface area contributed by atoms with Crippen molar-refractivity contribution in [2.75, 3.05) is 33.2 Å². The maximum atomic E-state index is 11.8. The minimum Gasteiger partial charge on any atom is -0.342 e. The summed E-state index contributed by atoms with van der Waals surface area (Å²) in [6.07, 6.45) is 2.29. The Morgan fingerprint density at radius 3 is 2.14 bits per heavy atom. The van der Waals surface area contributed by atoms with E-state index in [4.69, 9.17) is 0 Å². The molecule has 3 aliphatic rings. The van der Waals surface area contributed by atoms with Gasteiger partial charge in [-0.05, 0) is 31.7 Å². The van der Waals surface area contributed by atoms with Crippen molar-refractivity contribution in [3.63, 3.8) is 0 Å². The molecule has 0 aromatic heterocycles. The van der Waals surface area contributed by atoms with Gasteiger partial charge in [-0.15, -0.1) is 0 Å². The van der Waals surface area contributed by atoms with E-state index in [0.717, 1.165) is 37.8 Å². The number of rotatable bonds is 1.